The van der Waals surface area contributed by atoms with Gasteiger partial charge in [-0.05, 0) is 13.0 Å². The Balaban J connectivity index is 2.51. The molecule has 2 rings (SSSR count). The number of aromatic carboxylic acids is 1. The number of hydrogen-bond donors (Lipinski definition) is 2. The summed E-state index contributed by atoms with van der Waals surface area (Å²) in [6, 6.07) is 4.30. The second-order valence-electron chi connectivity index (χ2n) is 4.54. The summed E-state index contributed by atoms with van der Waals surface area (Å²) in [6.07, 6.45) is 0. The van der Waals surface area contributed by atoms with Crippen LogP contribution >= 0.6 is 0 Å². The summed E-state index contributed by atoms with van der Waals surface area (Å²) in [6.45, 7) is 3.73. The normalized spacial score (nSPS) is 19.2. The highest BCUT2D eigenvalue weighted by molar-refractivity contribution is 5.97. The largest absolute Gasteiger partial charge is 0.478 e. The quantitative estimate of drug-likeness (QED) is 0.627. The Hall–Kier alpha value is -2.15. The van der Waals surface area contributed by atoms with E-state index < -0.39 is 10.9 Å². The molecule has 0 bridgehead atoms. The highest BCUT2D eigenvalue weighted by Crippen LogP contribution is 2.32. The van der Waals surface area contributed by atoms with Crippen LogP contribution in [0, 0.1) is 10.1 Å². The zero-order chi connectivity index (χ0) is 14.0. The van der Waals surface area contributed by atoms with Gasteiger partial charge in [-0.25, -0.2) is 4.79 Å². The maximum absolute atomic E-state index is 11.3. The Bertz CT molecular complexity index is 485. The molecule has 0 radical (unpaired) electrons. The first-order valence-corrected chi connectivity index (χ1v) is 5.99. The number of nitrogens with zero attached hydrogens (tertiary/aromatic N) is 2. The summed E-state index contributed by atoms with van der Waals surface area (Å²) in [7, 11) is 0. The van der Waals surface area contributed by atoms with Gasteiger partial charge in [-0.1, -0.05) is 6.07 Å². The van der Waals surface area contributed by atoms with Crippen LogP contribution in [0.2, 0.25) is 0 Å². The third-order valence-electron chi connectivity index (χ3n) is 3.13. The van der Waals surface area contributed by atoms with E-state index in [0.717, 1.165) is 0 Å². The summed E-state index contributed by atoms with van der Waals surface area (Å²) < 4.78 is 0. The first-order valence-electron chi connectivity index (χ1n) is 5.99. The average Bonchev–Trinajstić information content (AvgIpc) is 2.37. The molecule has 1 aliphatic rings. The Kier molecular flexibility index (Phi) is 3.66. The van der Waals surface area contributed by atoms with Crippen LogP contribution < -0.4 is 10.2 Å². The number of carboxylic acid groups (broad SMARTS) is 1. The second-order valence-corrected chi connectivity index (χ2v) is 4.54. The molecule has 2 N–H and O–H groups in total. The van der Waals surface area contributed by atoms with Gasteiger partial charge >= 0.3 is 5.97 Å². The van der Waals surface area contributed by atoms with Gasteiger partial charge < -0.3 is 15.3 Å². The van der Waals surface area contributed by atoms with Crippen molar-refractivity contribution < 1.29 is 14.8 Å². The predicted octanol–water partition coefficient (Wildman–Crippen LogP) is 1.09. The van der Waals surface area contributed by atoms with E-state index in [1.807, 2.05) is 6.92 Å². The molecule has 1 atom stereocenters. The minimum absolute atomic E-state index is 0.0247. The third-order valence-corrected chi connectivity index (χ3v) is 3.13. The number of piperazine rings is 1. The number of anilines is 1. The van der Waals surface area contributed by atoms with Gasteiger partial charge in [0, 0.05) is 31.7 Å². The summed E-state index contributed by atoms with van der Waals surface area (Å²) in [5, 5.41) is 23.5. The third kappa shape index (κ3) is 2.65. The van der Waals surface area contributed by atoms with Crippen molar-refractivity contribution in [3.8, 4) is 0 Å². The SMILES string of the molecule is CC1CN(c2c(C(=O)O)cccc2[N+](=O)[O-])CCN1. The van der Waals surface area contributed by atoms with Crippen molar-refractivity contribution in [2.75, 3.05) is 24.5 Å². The molecular weight excluding hydrogens is 250 g/mol. The number of para-hydroxylation sites is 1. The van der Waals surface area contributed by atoms with E-state index >= 15 is 0 Å². The molecule has 19 heavy (non-hydrogen) atoms. The van der Waals surface area contributed by atoms with E-state index in [2.05, 4.69) is 5.32 Å². The molecular formula is C12H15N3O4. The van der Waals surface area contributed by atoms with E-state index in [1.165, 1.54) is 18.2 Å². The van der Waals surface area contributed by atoms with E-state index in [1.54, 1.807) is 4.90 Å². The Morgan fingerprint density at radius 1 is 1.58 bits per heavy atom. The van der Waals surface area contributed by atoms with Crippen molar-refractivity contribution in [3.63, 3.8) is 0 Å². The number of nitro benzene ring substituents is 1. The number of benzene rings is 1. The van der Waals surface area contributed by atoms with Gasteiger partial charge in [0.1, 0.15) is 5.69 Å². The lowest BCUT2D eigenvalue weighted by Crippen LogP contribution is -2.49. The number of nitrogens with one attached hydrogen (secondary N) is 1. The van der Waals surface area contributed by atoms with Crippen LogP contribution in [0.4, 0.5) is 11.4 Å². The van der Waals surface area contributed by atoms with E-state index in [-0.39, 0.29) is 23.0 Å². The molecule has 1 heterocycles. The molecule has 0 aromatic heterocycles. The maximum Gasteiger partial charge on any atom is 0.338 e. The monoisotopic (exact) mass is 265 g/mol. The molecule has 0 saturated carbocycles. The number of carbonyl (C=O) groups is 1. The summed E-state index contributed by atoms with van der Waals surface area (Å²) in [4.78, 5) is 23.6. The fraction of sp³-hybridized carbons (Fsp3) is 0.417. The van der Waals surface area contributed by atoms with Crippen molar-refractivity contribution in [3.05, 3.63) is 33.9 Å². The molecule has 7 nitrogen and oxygen atoms in total. The van der Waals surface area contributed by atoms with Gasteiger partial charge in [0.05, 0.1) is 10.5 Å². The van der Waals surface area contributed by atoms with Gasteiger partial charge in [0.25, 0.3) is 5.69 Å². The van der Waals surface area contributed by atoms with Crippen molar-refractivity contribution in [2.45, 2.75) is 13.0 Å². The molecule has 102 valence electrons. The Morgan fingerprint density at radius 3 is 2.89 bits per heavy atom. The predicted molar refractivity (Wildman–Crippen MR) is 69.7 cm³/mol. The molecule has 0 amide bonds. The van der Waals surface area contributed by atoms with Crippen LogP contribution in [0.15, 0.2) is 18.2 Å². The molecule has 1 aliphatic heterocycles. The highest BCUT2D eigenvalue weighted by Gasteiger charge is 2.28. The lowest BCUT2D eigenvalue weighted by Gasteiger charge is -2.33. The minimum Gasteiger partial charge on any atom is -0.478 e. The summed E-state index contributed by atoms with van der Waals surface area (Å²) in [5.74, 6) is -1.15. The van der Waals surface area contributed by atoms with E-state index in [0.29, 0.717) is 19.6 Å². The molecule has 1 unspecified atom stereocenters. The van der Waals surface area contributed by atoms with Crippen LogP contribution in [0.1, 0.15) is 17.3 Å². The second kappa shape index (κ2) is 5.23. The zero-order valence-corrected chi connectivity index (χ0v) is 10.5. The van der Waals surface area contributed by atoms with Gasteiger partial charge in [-0.15, -0.1) is 0 Å². The molecule has 1 aromatic carbocycles. The van der Waals surface area contributed by atoms with E-state index in [9.17, 15) is 20.0 Å². The van der Waals surface area contributed by atoms with Crippen molar-refractivity contribution >= 4 is 17.3 Å². The first-order chi connectivity index (χ1) is 9.00. The zero-order valence-electron chi connectivity index (χ0n) is 10.5. The minimum atomic E-state index is -1.15. The summed E-state index contributed by atoms with van der Waals surface area (Å²) in [5.41, 5.74) is 0.0191. The molecule has 1 aromatic rings. The molecule has 1 saturated heterocycles. The fourth-order valence-corrected chi connectivity index (χ4v) is 2.32. The van der Waals surface area contributed by atoms with Crippen LogP contribution in [0.5, 0.6) is 0 Å². The average molecular weight is 265 g/mol. The number of hydrogen-bond acceptors (Lipinski definition) is 5. The topological polar surface area (TPSA) is 95.7 Å². The summed E-state index contributed by atoms with van der Waals surface area (Å²) >= 11 is 0. The lowest BCUT2D eigenvalue weighted by molar-refractivity contribution is -0.384. The molecule has 1 fully saturated rings. The maximum atomic E-state index is 11.3. The van der Waals surface area contributed by atoms with Gasteiger partial charge in [-0.3, -0.25) is 10.1 Å². The smallest absolute Gasteiger partial charge is 0.338 e. The molecule has 0 spiro atoms. The van der Waals surface area contributed by atoms with Crippen LogP contribution in [-0.2, 0) is 0 Å². The van der Waals surface area contributed by atoms with Crippen LogP contribution in [-0.4, -0.2) is 41.7 Å². The highest BCUT2D eigenvalue weighted by atomic mass is 16.6. The first kappa shape index (κ1) is 13.3. The van der Waals surface area contributed by atoms with Crippen LogP contribution in [0.25, 0.3) is 0 Å². The Labute approximate surface area is 110 Å². The number of nitro groups is 1. The van der Waals surface area contributed by atoms with Crippen LogP contribution in [0.3, 0.4) is 0 Å². The van der Waals surface area contributed by atoms with Crippen molar-refractivity contribution in [2.24, 2.45) is 0 Å². The standard InChI is InChI=1S/C12H15N3O4/c1-8-7-14(6-5-13-8)11-9(12(16)17)3-2-4-10(11)15(18)19/h2-4,8,13H,5-7H2,1H3,(H,16,17). The van der Waals surface area contributed by atoms with E-state index in [4.69, 9.17) is 0 Å². The van der Waals surface area contributed by atoms with Crippen molar-refractivity contribution in [1.29, 1.82) is 0 Å². The lowest BCUT2D eigenvalue weighted by atomic mass is 10.1. The van der Waals surface area contributed by atoms with Gasteiger partial charge in [-0.2, -0.15) is 0 Å². The van der Waals surface area contributed by atoms with Gasteiger partial charge in [0.15, 0.2) is 0 Å². The molecule has 0 aliphatic carbocycles. The molecule has 7 heteroatoms. The number of rotatable bonds is 3. The Morgan fingerprint density at radius 2 is 2.32 bits per heavy atom. The van der Waals surface area contributed by atoms with Gasteiger partial charge in [0.2, 0.25) is 0 Å². The number of carboxylic acids is 1. The fourth-order valence-electron chi connectivity index (χ4n) is 2.32. The van der Waals surface area contributed by atoms with Crippen molar-refractivity contribution in [1.82, 2.24) is 5.32 Å².